The normalized spacial score (nSPS) is 12.4. The standard InChI is InChI=1S/C17H20O2/c1-12-7-8-13(2)16(9-12)17(18)15-6-4-5-14(10-15)11-19-3/h4-10,17-18H,11H2,1-3H3. The van der Waals surface area contributed by atoms with E-state index in [1.165, 1.54) is 0 Å². The second-order valence-electron chi connectivity index (χ2n) is 4.94. The molecule has 1 N–H and O–H groups in total. The predicted octanol–water partition coefficient (Wildman–Crippen LogP) is 3.53. The molecule has 1 atom stereocenters. The molecule has 0 spiro atoms. The lowest BCUT2D eigenvalue weighted by Gasteiger charge is -2.16. The molecule has 0 aromatic heterocycles. The van der Waals surface area contributed by atoms with Crippen LogP contribution in [0.15, 0.2) is 42.5 Å². The SMILES string of the molecule is COCc1cccc(C(O)c2cc(C)ccc2C)c1. The Kier molecular flexibility index (Phi) is 4.35. The van der Waals surface area contributed by atoms with Crippen molar-refractivity contribution in [2.75, 3.05) is 7.11 Å². The van der Waals surface area contributed by atoms with E-state index < -0.39 is 6.10 Å². The van der Waals surface area contributed by atoms with Gasteiger partial charge in [-0.2, -0.15) is 0 Å². The first-order chi connectivity index (χ1) is 9.11. The highest BCUT2D eigenvalue weighted by Crippen LogP contribution is 2.26. The molecule has 100 valence electrons. The van der Waals surface area contributed by atoms with E-state index in [9.17, 15) is 5.11 Å². The summed E-state index contributed by atoms with van der Waals surface area (Å²) in [6, 6.07) is 14.1. The second-order valence-corrected chi connectivity index (χ2v) is 4.94. The van der Waals surface area contributed by atoms with Crippen molar-refractivity contribution in [3.63, 3.8) is 0 Å². The van der Waals surface area contributed by atoms with Gasteiger partial charge in [0.15, 0.2) is 0 Å². The van der Waals surface area contributed by atoms with E-state index in [-0.39, 0.29) is 0 Å². The smallest absolute Gasteiger partial charge is 0.104 e. The van der Waals surface area contributed by atoms with E-state index in [0.29, 0.717) is 6.61 Å². The molecule has 2 aromatic rings. The Labute approximate surface area is 114 Å². The molecule has 0 aliphatic heterocycles. The maximum Gasteiger partial charge on any atom is 0.104 e. The van der Waals surface area contributed by atoms with E-state index in [2.05, 4.69) is 6.07 Å². The molecule has 0 amide bonds. The lowest BCUT2D eigenvalue weighted by molar-refractivity contribution is 0.184. The van der Waals surface area contributed by atoms with Crippen molar-refractivity contribution in [2.24, 2.45) is 0 Å². The number of hydrogen-bond donors (Lipinski definition) is 1. The molecule has 2 heteroatoms. The van der Waals surface area contributed by atoms with Gasteiger partial charge >= 0.3 is 0 Å². The zero-order valence-electron chi connectivity index (χ0n) is 11.7. The zero-order chi connectivity index (χ0) is 13.8. The third kappa shape index (κ3) is 3.22. The van der Waals surface area contributed by atoms with Crippen LogP contribution in [0.2, 0.25) is 0 Å². The molecule has 0 aliphatic rings. The fourth-order valence-corrected chi connectivity index (χ4v) is 2.25. The van der Waals surface area contributed by atoms with Crippen LogP contribution in [0.25, 0.3) is 0 Å². The summed E-state index contributed by atoms with van der Waals surface area (Å²) >= 11 is 0. The van der Waals surface area contributed by atoms with E-state index in [4.69, 9.17) is 4.74 Å². The highest BCUT2D eigenvalue weighted by Gasteiger charge is 2.13. The largest absolute Gasteiger partial charge is 0.384 e. The van der Waals surface area contributed by atoms with Crippen LogP contribution in [-0.2, 0) is 11.3 Å². The van der Waals surface area contributed by atoms with Crippen molar-refractivity contribution in [2.45, 2.75) is 26.6 Å². The minimum Gasteiger partial charge on any atom is -0.384 e. The summed E-state index contributed by atoms with van der Waals surface area (Å²) in [6.07, 6.45) is -0.586. The van der Waals surface area contributed by atoms with Crippen molar-refractivity contribution in [1.82, 2.24) is 0 Å². The van der Waals surface area contributed by atoms with Crippen molar-refractivity contribution in [3.05, 3.63) is 70.3 Å². The Morgan fingerprint density at radius 3 is 2.63 bits per heavy atom. The average molecular weight is 256 g/mol. The monoisotopic (exact) mass is 256 g/mol. The minimum atomic E-state index is -0.586. The van der Waals surface area contributed by atoms with Crippen LogP contribution in [0, 0.1) is 13.8 Å². The second kappa shape index (κ2) is 6.00. The summed E-state index contributed by atoms with van der Waals surface area (Å²) < 4.78 is 5.13. The number of rotatable bonds is 4. The number of aliphatic hydroxyl groups is 1. The van der Waals surface area contributed by atoms with Crippen molar-refractivity contribution in [1.29, 1.82) is 0 Å². The van der Waals surface area contributed by atoms with Crippen molar-refractivity contribution >= 4 is 0 Å². The quantitative estimate of drug-likeness (QED) is 0.906. The molecule has 0 saturated carbocycles. The highest BCUT2D eigenvalue weighted by atomic mass is 16.5. The highest BCUT2D eigenvalue weighted by molar-refractivity contribution is 5.38. The molecule has 0 fully saturated rings. The molecule has 0 heterocycles. The van der Waals surface area contributed by atoms with Crippen LogP contribution in [-0.4, -0.2) is 12.2 Å². The van der Waals surface area contributed by atoms with Gasteiger partial charge in [-0.15, -0.1) is 0 Å². The fraction of sp³-hybridized carbons (Fsp3) is 0.294. The van der Waals surface area contributed by atoms with Crippen LogP contribution < -0.4 is 0 Å². The summed E-state index contributed by atoms with van der Waals surface area (Å²) in [5, 5.41) is 10.5. The lowest BCUT2D eigenvalue weighted by atomic mass is 9.95. The van der Waals surface area contributed by atoms with Crippen LogP contribution in [0.3, 0.4) is 0 Å². The molecule has 0 aliphatic carbocycles. The van der Waals surface area contributed by atoms with Gasteiger partial charge in [0, 0.05) is 7.11 Å². The number of hydrogen-bond acceptors (Lipinski definition) is 2. The zero-order valence-corrected chi connectivity index (χ0v) is 11.7. The topological polar surface area (TPSA) is 29.5 Å². The predicted molar refractivity (Wildman–Crippen MR) is 77.1 cm³/mol. The Hall–Kier alpha value is -1.64. The first-order valence-electron chi connectivity index (χ1n) is 6.45. The summed E-state index contributed by atoms with van der Waals surface area (Å²) in [5.74, 6) is 0. The molecular weight excluding hydrogens is 236 g/mol. The fourth-order valence-electron chi connectivity index (χ4n) is 2.25. The molecule has 1 unspecified atom stereocenters. The lowest BCUT2D eigenvalue weighted by Crippen LogP contribution is -2.03. The first kappa shape index (κ1) is 13.8. The van der Waals surface area contributed by atoms with Gasteiger partial charge in [-0.1, -0.05) is 48.0 Å². The maximum atomic E-state index is 10.5. The molecular formula is C17H20O2. The number of aliphatic hydroxyl groups excluding tert-OH is 1. The third-order valence-electron chi connectivity index (χ3n) is 3.31. The summed E-state index contributed by atoms with van der Waals surface area (Å²) in [4.78, 5) is 0. The summed E-state index contributed by atoms with van der Waals surface area (Å²) in [6.45, 7) is 4.63. The number of aryl methyl sites for hydroxylation is 2. The van der Waals surface area contributed by atoms with Gasteiger partial charge in [-0.05, 0) is 36.1 Å². The Balaban J connectivity index is 2.35. The van der Waals surface area contributed by atoms with E-state index >= 15 is 0 Å². The van der Waals surface area contributed by atoms with Gasteiger partial charge in [-0.25, -0.2) is 0 Å². The van der Waals surface area contributed by atoms with Crippen molar-refractivity contribution < 1.29 is 9.84 Å². The summed E-state index contributed by atoms with van der Waals surface area (Å²) in [5.41, 5.74) is 5.21. The van der Waals surface area contributed by atoms with Gasteiger partial charge in [0.1, 0.15) is 6.10 Å². The molecule has 19 heavy (non-hydrogen) atoms. The number of methoxy groups -OCH3 is 1. The van der Waals surface area contributed by atoms with Crippen LogP contribution in [0.5, 0.6) is 0 Å². The number of benzene rings is 2. The van der Waals surface area contributed by atoms with E-state index in [0.717, 1.165) is 27.8 Å². The Morgan fingerprint density at radius 1 is 1.11 bits per heavy atom. The van der Waals surface area contributed by atoms with Crippen molar-refractivity contribution in [3.8, 4) is 0 Å². The van der Waals surface area contributed by atoms with E-state index in [1.807, 2.05) is 50.2 Å². The molecule has 0 bridgehead atoms. The Morgan fingerprint density at radius 2 is 1.89 bits per heavy atom. The molecule has 0 saturated heterocycles. The van der Waals surface area contributed by atoms with Crippen LogP contribution in [0.1, 0.15) is 33.9 Å². The van der Waals surface area contributed by atoms with Gasteiger partial charge in [0.25, 0.3) is 0 Å². The molecule has 2 rings (SSSR count). The van der Waals surface area contributed by atoms with Gasteiger partial charge in [0.2, 0.25) is 0 Å². The third-order valence-corrected chi connectivity index (χ3v) is 3.31. The summed E-state index contributed by atoms with van der Waals surface area (Å²) in [7, 11) is 1.67. The van der Waals surface area contributed by atoms with Gasteiger partial charge in [-0.3, -0.25) is 0 Å². The molecule has 2 aromatic carbocycles. The first-order valence-corrected chi connectivity index (χ1v) is 6.45. The van der Waals surface area contributed by atoms with E-state index in [1.54, 1.807) is 7.11 Å². The van der Waals surface area contributed by atoms with Gasteiger partial charge < -0.3 is 9.84 Å². The Bertz CT molecular complexity index is 561. The molecule has 2 nitrogen and oxygen atoms in total. The number of ether oxygens (including phenoxy) is 1. The maximum absolute atomic E-state index is 10.5. The van der Waals surface area contributed by atoms with Crippen LogP contribution in [0.4, 0.5) is 0 Å². The van der Waals surface area contributed by atoms with Gasteiger partial charge in [0.05, 0.1) is 6.61 Å². The molecule has 0 radical (unpaired) electrons. The average Bonchev–Trinajstić information content (AvgIpc) is 2.41. The minimum absolute atomic E-state index is 0.563. The van der Waals surface area contributed by atoms with Crippen LogP contribution >= 0.6 is 0 Å².